The van der Waals surface area contributed by atoms with Gasteiger partial charge < -0.3 is 21.3 Å². The fourth-order valence-electron chi connectivity index (χ4n) is 2.96. The summed E-state index contributed by atoms with van der Waals surface area (Å²) in [5.74, 6) is -0.445. The summed E-state index contributed by atoms with van der Waals surface area (Å²) in [6.45, 7) is 4.62. The molecule has 164 valence electrons. The minimum Gasteiger partial charge on any atom is -0.350 e. The van der Waals surface area contributed by atoms with Crippen LogP contribution in [0, 0.1) is 13.8 Å². The summed E-state index contributed by atoms with van der Waals surface area (Å²) in [5, 5.41) is 11.0. The van der Waals surface area contributed by atoms with Crippen molar-refractivity contribution in [2.45, 2.75) is 13.8 Å². The number of amides is 4. The molecule has 0 bridgehead atoms. The van der Waals surface area contributed by atoms with Crippen molar-refractivity contribution >= 4 is 29.2 Å². The lowest BCUT2D eigenvalue weighted by Gasteiger charge is -2.10. The molecule has 32 heavy (non-hydrogen) atoms. The standard InChI is InChI=1S/C25H26N4O3/c1-17-8-11-22(16-18(17)2)29-25(32)28-21-12-9-20(10-13-21)24(31)27-15-14-26-23(30)19-6-4-3-5-7-19/h3-13,16H,14-15H2,1-2H3,(H,26,30)(H,27,31)(H2,28,29,32). The van der Waals surface area contributed by atoms with Gasteiger partial charge in [0.1, 0.15) is 0 Å². The van der Waals surface area contributed by atoms with Gasteiger partial charge in [-0.3, -0.25) is 9.59 Å². The number of aryl methyl sites for hydroxylation is 2. The molecule has 7 nitrogen and oxygen atoms in total. The molecule has 3 rings (SSSR count). The number of nitrogens with one attached hydrogen (secondary N) is 4. The van der Waals surface area contributed by atoms with Gasteiger partial charge in [-0.15, -0.1) is 0 Å². The maximum atomic E-state index is 12.3. The minimum absolute atomic E-state index is 0.186. The van der Waals surface area contributed by atoms with Crippen LogP contribution in [-0.2, 0) is 0 Å². The molecule has 0 saturated heterocycles. The quantitative estimate of drug-likeness (QED) is 0.425. The van der Waals surface area contributed by atoms with Gasteiger partial charge in [0, 0.05) is 35.6 Å². The van der Waals surface area contributed by atoms with Crippen LogP contribution in [0.15, 0.2) is 72.8 Å². The summed E-state index contributed by atoms with van der Waals surface area (Å²) in [4.78, 5) is 36.4. The fourth-order valence-corrected chi connectivity index (χ4v) is 2.96. The number of hydrogen-bond acceptors (Lipinski definition) is 3. The highest BCUT2D eigenvalue weighted by molar-refractivity contribution is 6.00. The zero-order valence-electron chi connectivity index (χ0n) is 18.1. The van der Waals surface area contributed by atoms with E-state index in [1.54, 1.807) is 48.5 Å². The Morgan fingerprint density at radius 2 is 1.16 bits per heavy atom. The first-order valence-corrected chi connectivity index (χ1v) is 10.3. The molecule has 0 atom stereocenters. The molecule has 0 saturated carbocycles. The van der Waals surface area contributed by atoms with Gasteiger partial charge in [0.2, 0.25) is 0 Å². The number of carbonyl (C=O) groups is 3. The summed E-state index contributed by atoms with van der Waals surface area (Å²) in [7, 11) is 0. The average molecular weight is 431 g/mol. The van der Waals surface area contributed by atoms with Gasteiger partial charge >= 0.3 is 6.03 Å². The van der Waals surface area contributed by atoms with Crippen LogP contribution in [0.3, 0.4) is 0 Å². The summed E-state index contributed by atoms with van der Waals surface area (Å²) in [6, 6.07) is 20.8. The van der Waals surface area contributed by atoms with Crippen molar-refractivity contribution in [3.8, 4) is 0 Å². The van der Waals surface area contributed by atoms with Crippen molar-refractivity contribution in [3.63, 3.8) is 0 Å². The molecule has 0 unspecified atom stereocenters. The van der Waals surface area contributed by atoms with Crippen LogP contribution in [0.25, 0.3) is 0 Å². The Kier molecular flexibility index (Phi) is 7.59. The molecule has 0 spiro atoms. The van der Waals surface area contributed by atoms with Crippen LogP contribution in [0.2, 0.25) is 0 Å². The number of hydrogen-bond donors (Lipinski definition) is 4. The van der Waals surface area contributed by atoms with Crippen molar-refractivity contribution < 1.29 is 14.4 Å². The van der Waals surface area contributed by atoms with Gasteiger partial charge in [-0.1, -0.05) is 24.3 Å². The van der Waals surface area contributed by atoms with Gasteiger partial charge in [0.05, 0.1) is 0 Å². The number of carbonyl (C=O) groups excluding carboxylic acids is 3. The molecule has 0 fully saturated rings. The lowest BCUT2D eigenvalue weighted by Crippen LogP contribution is -2.34. The first-order chi connectivity index (χ1) is 15.4. The number of rotatable bonds is 7. The van der Waals surface area contributed by atoms with Gasteiger partial charge in [-0.2, -0.15) is 0 Å². The molecule has 3 aromatic carbocycles. The van der Waals surface area contributed by atoms with E-state index in [2.05, 4.69) is 21.3 Å². The van der Waals surface area contributed by atoms with Crippen molar-refractivity contribution in [3.05, 3.63) is 95.1 Å². The second kappa shape index (κ2) is 10.8. The Morgan fingerprint density at radius 1 is 0.625 bits per heavy atom. The lowest BCUT2D eigenvalue weighted by atomic mass is 10.1. The van der Waals surface area contributed by atoms with Crippen molar-refractivity contribution in [1.29, 1.82) is 0 Å². The molecular formula is C25H26N4O3. The van der Waals surface area contributed by atoms with E-state index in [-0.39, 0.29) is 17.8 Å². The summed E-state index contributed by atoms with van der Waals surface area (Å²) < 4.78 is 0. The second-order valence-corrected chi connectivity index (χ2v) is 7.33. The first kappa shape index (κ1) is 22.6. The Hall–Kier alpha value is -4.13. The molecule has 0 heterocycles. The monoisotopic (exact) mass is 430 g/mol. The molecule has 3 aromatic rings. The van der Waals surface area contributed by atoms with Crippen LogP contribution in [0.5, 0.6) is 0 Å². The lowest BCUT2D eigenvalue weighted by molar-refractivity contribution is 0.0927. The topological polar surface area (TPSA) is 99.3 Å². The van der Waals surface area contributed by atoms with Crippen LogP contribution < -0.4 is 21.3 Å². The van der Waals surface area contributed by atoms with Crippen molar-refractivity contribution in [2.24, 2.45) is 0 Å². The Balaban J connectivity index is 1.43. The van der Waals surface area contributed by atoms with E-state index in [1.807, 2.05) is 38.1 Å². The second-order valence-electron chi connectivity index (χ2n) is 7.33. The molecule has 0 aliphatic carbocycles. The van der Waals surface area contributed by atoms with Gasteiger partial charge in [0.15, 0.2) is 0 Å². The molecule has 0 aliphatic rings. The van der Waals surface area contributed by atoms with Crippen LogP contribution in [-0.4, -0.2) is 30.9 Å². The smallest absolute Gasteiger partial charge is 0.323 e. The highest BCUT2D eigenvalue weighted by Gasteiger charge is 2.08. The normalized spacial score (nSPS) is 10.2. The maximum absolute atomic E-state index is 12.3. The van der Waals surface area contributed by atoms with Crippen molar-refractivity contribution in [1.82, 2.24) is 10.6 Å². The summed E-state index contributed by atoms with van der Waals surface area (Å²) in [5.41, 5.74) is 4.56. The molecule has 4 amide bonds. The van der Waals surface area contributed by atoms with Crippen LogP contribution in [0.4, 0.5) is 16.2 Å². The zero-order chi connectivity index (χ0) is 22.9. The zero-order valence-corrected chi connectivity index (χ0v) is 18.1. The molecule has 7 heteroatoms. The first-order valence-electron chi connectivity index (χ1n) is 10.3. The van der Waals surface area contributed by atoms with E-state index in [4.69, 9.17) is 0 Å². The Bertz CT molecular complexity index is 1100. The Labute approximate surface area is 187 Å². The highest BCUT2D eigenvalue weighted by Crippen LogP contribution is 2.15. The van der Waals surface area contributed by atoms with Crippen molar-refractivity contribution in [2.75, 3.05) is 23.7 Å². The third-order valence-corrected chi connectivity index (χ3v) is 4.90. The van der Waals surface area contributed by atoms with Gasteiger partial charge in [-0.25, -0.2) is 4.79 Å². The number of urea groups is 1. The van der Waals surface area contributed by atoms with E-state index >= 15 is 0 Å². The summed E-state index contributed by atoms with van der Waals surface area (Å²) in [6.07, 6.45) is 0. The third-order valence-electron chi connectivity index (χ3n) is 4.90. The van der Waals surface area contributed by atoms with E-state index in [0.717, 1.165) is 11.1 Å². The SMILES string of the molecule is Cc1ccc(NC(=O)Nc2ccc(C(=O)NCCNC(=O)c3ccccc3)cc2)cc1C. The van der Waals surface area contributed by atoms with E-state index in [1.165, 1.54) is 0 Å². The van der Waals surface area contributed by atoms with E-state index in [9.17, 15) is 14.4 Å². The predicted octanol–water partition coefficient (Wildman–Crippen LogP) is 4.11. The maximum Gasteiger partial charge on any atom is 0.323 e. The molecule has 0 aliphatic heterocycles. The van der Waals surface area contributed by atoms with E-state index < -0.39 is 0 Å². The molecular weight excluding hydrogens is 404 g/mol. The highest BCUT2D eigenvalue weighted by atomic mass is 16.2. The van der Waals surface area contributed by atoms with E-state index in [0.29, 0.717) is 35.6 Å². The van der Waals surface area contributed by atoms with Crippen LogP contribution in [0.1, 0.15) is 31.8 Å². The Morgan fingerprint density at radius 3 is 1.75 bits per heavy atom. The largest absolute Gasteiger partial charge is 0.350 e. The van der Waals surface area contributed by atoms with Gasteiger partial charge in [-0.05, 0) is 73.5 Å². The minimum atomic E-state index is -0.361. The molecule has 0 aromatic heterocycles. The third kappa shape index (κ3) is 6.43. The molecule has 4 N–H and O–H groups in total. The number of anilines is 2. The van der Waals surface area contributed by atoms with Gasteiger partial charge in [0.25, 0.3) is 11.8 Å². The predicted molar refractivity (Wildman–Crippen MR) is 126 cm³/mol. The van der Waals surface area contributed by atoms with Crippen LogP contribution >= 0.6 is 0 Å². The summed E-state index contributed by atoms with van der Waals surface area (Å²) >= 11 is 0. The fraction of sp³-hybridized carbons (Fsp3) is 0.160. The average Bonchev–Trinajstić information content (AvgIpc) is 2.80. The number of benzene rings is 3. The molecule has 0 radical (unpaired) electrons.